The van der Waals surface area contributed by atoms with Crippen molar-refractivity contribution in [2.24, 2.45) is 28.1 Å². The predicted molar refractivity (Wildman–Crippen MR) is 118 cm³/mol. The number of ether oxygens (including phenoxy) is 2. The molecule has 3 fully saturated rings. The first kappa shape index (κ1) is 22.6. The molecule has 1 saturated heterocycles. The highest BCUT2D eigenvalue weighted by molar-refractivity contribution is 6.25. The van der Waals surface area contributed by atoms with Gasteiger partial charge in [0.1, 0.15) is 16.9 Å². The molecule has 1 N–H and O–H groups in total. The second-order valence-corrected chi connectivity index (χ2v) is 11.6. The second-order valence-electron chi connectivity index (χ2n) is 11.6. The Hall–Kier alpha value is -1.62. The van der Waals surface area contributed by atoms with Crippen molar-refractivity contribution < 1.29 is 24.2 Å². The van der Waals surface area contributed by atoms with E-state index in [4.69, 9.17) is 9.47 Å². The number of Topliss-reactive ketones (excluding diaryl/α,β-unsaturated/α-hetero) is 1. The highest BCUT2D eigenvalue weighted by atomic mass is 16.5. The Morgan fingerprint density at radius 3 is 2.39 bits per heavy atom. The van der Waals surface area contributed by atoms with Gasteiger partial charge in [-0.15, -0.1) is 0 Å². The van der Waals surface area contributed by atoms with Crippen LogP contribution in [0.2, 0.25) is 0 Å². The van der Waals surface area contributed by atoms with Gasteiger partial charge in [0.05, 0.1) is 18.6 Å². The number of hydrogen-bond acceptors (Lipinski definition) is 5. The first-order chi connectivity index (χ1) is 14.3. The lowest BCUT2D eigenvalue weighted by atomic mass is 9.43. The van der Waals surface area contributed by atoms with Crippen molar-refractivity contribution in [1.29, 1.82) is 0 Å². The summed E-state index contributed by atoms with van der Waals surface area (Å²) in [6, 6.07) is 0. The van der Waals surface area contributed by atoms with Gasteiger partial charge in [-0.25, -0.2) is 4.79 Å². The third-order valence-corrected chi connectivity index (χ3v) is 10.0. The number of aliphatic hydroxyl groups excluding tert-OH is 1. The largest absolute Gasteiger partial charge is 0.489 e. The van der Waals surface area contributed by atoms with Crippen molar-refractivity contribution in [3.05, 3.63) is 22.5 Å². The number of fused-ring (bicyclic) bond motifs is 3. The van der Waals surface area contributed by atoms with Crippen LogP contribution in [-0.4, -0.2) is 35.7 Å². The molecule has 0 bridgehead atoms. The van der Waals surface area contributed by atoms with Crippen LogP contribution in [0.3, 0.4) is 0 Å². The Balaban J connectivity index is 1.89. The number of methoxy groups -OCH3 is 1. The molecule has 1 spiro atoms. The number of rotatable bonds is 1. The number of carbonyl (C=O) groups is 2. The fourth-order valence-corrected chi connectivity index (χ4v) is 7.85. The number of aliphatic hydroxyl groups is 1. The van der Waals surface area contributed by atoms with Crippen LogP contribution < -0.4 is 0 Å². The number of allylic oxidation sites excluding steroid dienone is 2. The normalized spacial score (nSPS) is 44.2. The molecule has 2 saturated carbocycles. The van der Waals surface area contributed by atoms with E-state index in [0.717, 1.165) is 43.4 Å². The molecule has 0 radical (unpaired) electrons. The van der Waals surface area contributed by atoms with Gasteiger partial charge in [0.25, 0.3) is 0 Å². The molecule has 4 aliphatic rings. The Bertz CT molecular complexity index is 911. The van der Waals surface area contributed by atoms with E-state index in [1.54, 1.807) is 6.92 Å². The molecule has 4 rings (SSSR count). The van der Waals surface area contributed by atoms with Gasteiger partial charge in [0.15, 0.2) is 5.78 Å². The molecule has 5 heteroatoms. The lowest BCUT2D eigenvalue weighted by molar-refractivity contribution is -0.225. The van der Waals surface area contributed by atoms with Crippen LogP contribution >= 0.6 is 0 Å². The quantitative estimate of drug-likeness (QED) is 0.481. The van der Waals surface area contributed by atoms with Gasteiger partial charge >= 0.3 is 5.97 Å². The summed E-state index contributed by atoms with van der Waals surface area (Å²) < 4.78 is 12.0. The lowest BCUT2D eigenvalue weighted by Crippen LogP contribution is -2.64. The van der Waals surface area contributed by atoms with Gasteiger partial charge in [0, 0.05) is 17.4 Å². The molecule has 0 aromatic heterocycles. The highest BCUT2D eigenvalue weighted by Gasteiger charge is 2.70. The average molecular weight is 431 g/mol. The Morgan fingerprint density at radius 2 is 1.77 bits per heavy atom. The molecular weight excluding hydrogens is 392 g/mol. The highest BCUT2D eigenvalue weighted by Crippen LogP contribution is 2.71. The summed E-state index contributed by atoms with van der Waals surface area (Å²) in [5, 5.41) is 10.8. The van der Waals surface area contributed by atoms with Crippen molar-refractivity contribution in [2.45, 2.75) is 92.3 Å². The van der Waals surface area contributed by atoms with Crippen LogP contribution in [0.25, 0.3) is 0 Å². The van der Waals surface area contributed by atoms with Crippen LogP contribution in [0, 0.1) is 28.1 Å². The van der Waals surface area contributed by atoms with Crippen molar-refractivity contribution in [1.82, 2.24) is 0 Å². The van der Waals surface area contributed by atoms with E-state index in [0.29, 0.717) is 17.4 Å². The van der Waals surface area contributed by atoms with E-state index in [9.17, 15) is 14.7 Å². The first-order valence-corrected chi connectivity index (χ1v) is 11.7. The fraction of sp³-hybridized carbons (Fsp3) is 0.769. The van der Waals surface area contributed by atoms with E-state index in [1.165, 1.54) is 7.11 Å². The van der Waals surface area contributed by atoms with Crippen LogP contribution in [0.4, 0.5) is 0 Å². The first-order valence-electron chi connectivity index (χ1n) is 11.7. The van der Waals surface area contributed by atoms with Crippen molar-refractivity contribution in [3.8, 4) is 0 Å². The molecule has 5 nitrogen and oxygen atoms in total. The third-order valence-electron chi connectivity index (χ3n) is 10.0. The molecule has 0 aromatic rings. The van der Waals surface area contributed by atoms with Crippen LogP contribution in [0.15, 0.2) is 22.5 Å². The number of carbonyl (C=O) groups excluding carboxylic acids is 2. The summed E-state index contributed by atoms with van der Waals surface area (Å²) >= 11 is 0. The molecule has 172 valence electrons. The molecule has 0 aromatic carbocycles. The van der Waals surface area contributed by atoms with Gasteiger partial charge in [-0.2, -0.15) is 0 Å². The zero-order valence-electron chi connectivity index (χ0n) is 20.3. The van der Waals surface area contributed by atoms with E-state index < -0.39 is 17.0 Å². The SMILES string of the molecule is COC(=O)C1=C(C)[C@@]2(C)C[C@]3(OC2=C(C)C1=O)[C@@H](C)CC[C@H]1C(C)(C)[C@@H](O)CC[C@@]13C. The number of ketones is 1. The van der Waals surface area contributed by atoms with Crippen molar-refractivity contribution in [3.63, 3.8) is 0 Å². The van der Waals surface area contributed by atoms with Gasteiger partial charge in [0.2, 0.25) is 0 Å². The van der Waals surface area contributed by atoms with Gasteiger partial charge in [-0.05, 0) is 69.3 Å². The van der Waals surface area contributed by atoms with E-state index in [-0.39, 0.29) is 28.3 Å². The lowest BCUT2D eigenvalue weighted by Gasteiger charge is -2.64. The van der Waals surface area contributed by atoms with Crippen LogP contribution in [0.1, 0.15) is 80.6 Å². The monoisotopic (exact) mass is 430 g/mol. The summed E-state index contributed by atoms with van der Waals surface area (Å²) in [4.78, 5) is 25.7. The molecule has 1 aliphatic heterocycles. The summed E-state index contributed by atoms with van der Waals surface area (Å²) in [5.74, 6) is 0.529. The topological polar surface area (TPSA) is 72.8 Å². The maximum atomic E-state index is 13.2. The molecule has 0 amide bonds. The summed E-state index contributed by atoms with van der Waals surface area (Å²) in [6.45, 7) is 14.8. The Labute approximate surface area is 186 Å². The van der Waals surface area contributed by atoms with Crippen molar-refractivity contribution >= 4 is 11.8 Å². The summed E-state index contributed by atoms with van der Waals surface area (Å²) in [7, 11) is 1.32. The van der Waals surface area contributed by atoms with Crippen LogP contribution in [0.5, 0.6) is 0 Å². The molecule has 1 heterocycles. The summed E-state index contributed by atoms with van der Waals surface area (Å²) in [5.41, 5.74) is 0.173. The van der Waals surface area contributed by atoms with Gasteiger partial charge in [-0.3, -0.25) is 4.79 Å². The molecular formula is C26H38O5. The average Bonchev–Trinajstić information content (AvgIpc) is 3.04. The molecule has 0 unspecified atom stereocenters. The maximum Gasteiger partial charge on any atom is 0.341 e. The smallest absolute Gasteiger partial charge is 0.341 e. The molecule has 3 aliphatic carbocycles. The fourth-order valence-electron chi connectivity index (χ4n) is 7.85. The maximum absolute atomic E-state index is 13.2. The van der Waals surface area contributed by atoms with E-state index in [2.05, 4.69) is 34.6 Å². The van der Waals surface area contributed by atoms with E-state index in [1.807, 2.05) is 6.92 Å². The minimum atomic E-state index is -0.564. The summed E-state index contributed by atoms with van der Waals surface area (Å²) in [6.07, 6.45) is 4.18. The third kappa shape index (κ3) is 2.59. The second kappa shape index (κ2) is 6.69. The zero-order chi connectivity index (χ0) is 23.1. The number of esters is 1. The van der Waals surface area contributed by atoms with E-state index >= 15 is 0 Å². The minimum absolute atomic E-state index is 0.129. The zero-order valence-corrected chi connectivity index (χ0v) is 20.3. The van der Waals surface area contributed by atoms with Crippen LogP contribution in [-0.2, 0) is 19.1 Å². The Kier molecular flexibility index (Phi) is 4.87. The standard InChI is InChI=1S/C26H38O5/c1-14-9-10-17-23(4,5)18(27)11-12-25(17,7)26(14)13-24(6)16(3)19(22(29)30-8)20(28)15(2)21(24)31-26/h14,17-18,27H,9-13H2,1-8H3/t14-,17-,18-,24+,25-,26-/m0/s1. The van der Waals surface area contributed by atoms with Crippen molar-refractivity contribution in [2.75, 3.05) is 7.11 Å². The Morgan fingerprint density at radius 1 is 1.13 bits per heavy atom. The van der Waals surface area contributed by atoms with Gasteiger partial charge in [-0.1, -0.05) is 27.7 Å². The number of hydrogen-bond donors (Lipinski definition) is 1. The molecule has 6 atom stereocenters. The predicted octanol–water partition coefficient (Wildman–Crippen LogP) is 4.73. The van der Waals surface area contributed by atoms with Gasteiger partial charge < -0.3 is 14.6 Å². The molecule has 31 heavy (non-hydrogen) atoms. The minimum Gasteiger partial charge on any atom is -0.489 e.